The highest BCUT2D eigenvalue weighted by Crippen LogP contribution is 2.29. The van der Waals surface area contributed by atoms with Gasteiger partial charge in [-0.1, -0.05) is 18.2 Å². The van der Waals surface area contributed by atoms with Gasteiger partial charge in [0.2, 0.25) is 0 Å². The number of nitrogens with one attached hydrogen (secondary N) is 1. The molecule has 4 heteroatoms. The molecule has 0 aliphatic heterocycles. The van der Waals surface area contributed by atoms with Crippen LogP contribution in [0.15, 0.2) is 24.3 Å². The summed E-state index contributed by atoms with van der Waals surface area (Å²) in [5, 5.41) is 7.99. The molecule has 1 N–H and O–H groups in total. The summed E-state index contributed by atoms with van der Waals surface area (Å²) in [4.78, 5) is 0. The van der Waals surface area contributed by atoms with Crippen LogP contribution in [0.1, 0.15) is 36.8 Å². The maximum absolute atomic E-state index is 5.70. The number of aryl methyl sites for hydroxylation is 2. The molecule has 0 radical (unpaired) electrons. The number of ether oxygens (including phenoxy) is 1. The molecule has 0 spiro atoms. The van der Waals surface area contributed by atoms with Crippen LogP contribution < -0.4 is 10.1 Å². The van der Waals surface area contributed by atoms with Crippen molar-refractivity contribution < 1.29 is 4.74 Å². The molecule has 1 atom stereocenters. The fraction of sp³-hybridized carbons (Fsp3) is 0.438. The SMILES string of the molecule is CCOc1ccccc1C(C)Nc1c(C)nn(C)c1C. The van der Waals surface area contributed by atoms with E-state index >= 15 is 0 Å². The highest BCUT2D eigenvalue weighted by molar-refractivity contribution is 5.54. The minimum Gasteiger partial charge on any atom is -0.494 e. The maximum Gasteiger partial charge on any atom is 0.124 e. The van der Waals surface area contributed by atoms with Crippen molar-refractivity contribution >= 4 is 5.69 Å². The summed E-state index contributed by atoms with van der Waals surface area (Å²) in [6.45, 7) is 8.92. The van der Waals surface area contributed by atoms with Crippen molar-refractivity contribution in [3.63, 3.8) is 0 Å². The van der Waals surface area contributed by atoms with Gasteiger partial charge in [0.25, 0.3) is 0 Å². The second-order valence-corrected chi connectivity index (χ2v) is 5.01. The van der Waals surface area contributed by atoms with E-state index in [4.69, 9.17) is 4.74 Å². The largest absolute Gasteiger partial charge is 0.494 e. The zero-order chi connectivity index (χ0) is 14.7. The van der Waals surface area contributed by atoms with Crippen molar-refractivity contribution in [3.8, 4) is 5.75 Å². The fourth-order valence-electron chi connectivity index (χ4n) is 2.40. The average Bonchev–Trinajstić information content (AvgIpc) is 2.66. The van der Waals surface area contributed by atoms with Crippen molar-refractivity contribution in [2.24, 2.45) is 7.05 Å². The Bertz CT molecular complexity index is 589. The molecule has 1 heterocycles. The topological polar surface area (TPSA) is 39.1 Å². The molecule has 0 saturated heterocycles. The zero-order valence-corrected chi connectivity index (χ0v) is 12.9. The van der Waals surface area contributed by atoms with E-state index in [9.17, 15) is 0 Å². The Morgan fingerprint density at radius 3 is 2.60 bits per heavy atom. The third-order valence-electron chi connectivity index (χ3n) is 3.56. The van der Waals surface area contributed by atoms with Gasteiger partial charge in [0.1, 0.15) is 5.75 Å². The number of rotatable bonds is 5. The van der Waals surface area contributed by atoms with Gasteiger partial charge >= 0.3 is 0 Å². The summed E-state index contributed by atoms with van der Waals surface area (Å²) in [6, 6.07) is 8.32. The standard InChI is InChI=1S/C16H23N3O/c1-6-20-15-10-8-7-9-14(15)11(2)17-16-12(3)18-19(5)13(16)4/h7-11,17H,6H2,1-5H3. The van der Waals surface area contributed by atoms with E-state index in [1.54, 1.807) is 0 Å². The van der Waals surface area contributed by atoms with Crippen LogP contribution in [0.2, 0.25) is 0 Å². The Morgan fingerprint density at radius 1 is 1.30 bits per heavy atom. The molecule has 2 aromatic rings. The molecule has 0 saturated carbocycles. The summed E-state index contributed by atoms with van der Waals surface area (Å²) in [7, 11) is 1.96. The first kappa shape index (κ1) is 14.4. The van der Waals surface area contributed by atoms with E-state index in [2.05, 4.69) is 30.3 Å². The number of benzene rings is 1. The second kappa shape index (κ2) is 5.99. The average molecular weight is 273 g/mol. The highest BCUT2D eigenvalue weighted by Gasteiger charge is 2.15. The van der Waals surface area contributed by atoms with E-state index in [1.165, 1.54) is 0 Å². The first-order chi connectivity index (χ1) is 9.54. The van der Waals surface area contributed by atoms with E-state index in [0.717, 1.165) is 28.4 Å². The van der Waals surface area contributed by atoms with Gasteiger partial charge in [-0.15, -0.1) is 0 Å². The van der Waals surface area contributed by atoms with Gasteiger partial charge in [0, 0.05) is 12.6 Å². The summed E-state index contributed by atoms with van der Waals surface area (Å²) < 4.78 is 7.60. The first-order valence-corrected chi connectivity index (χ1v) is 7.03. The minimum absolute atomic E-state index is 0.166. The van der Waals surface area contributed by atoms with Crippen molar-refractivity contribution in [1.29, 1.82) is 0 Å². The molecule has 1 aromatic carbocycles. The number of anilines is 1. The molecule has 108 valence electrons. The van der Waals surface area contributed by atoms with Crippen molar-refractivity contribution in [2.45, 2.75) is 33.7 Å². The molecule has 0 amide bonds. The normalized spacial score (nSPS) is 12.2. The van der Waals surface area contributed by atoms with Crippen LogP contribution in [-0.2, 0) is 7.05 Å². The van der Waals surface area contributed by atoms with Gasteiger partial charge in [-0.2, -0.15) is 5.10 Å². The molecule has 2 rings (SSSR count). The van der Waals surface area contributed by atoms with Gasteiger partial charge in [-0.3, -0.25) is 4.68 Å². The van der Waals surface area contributed by atoms with E-state index in [1.807, 2.05) is 43.8 Å². The van der Waals surface area contributed by atoms with Crippen molar-refractivity contribution in [2.75, 3.05) is 11.9 Å². The monoisotopic (exact) mass is 273 g/mol. The van der Waals surface area contributed by atoms with E-state index in [-0.39, 0.29) is 6.04 Å². The molecule has 4 nitrogen and oxygen atoms in total. The van der Waals surface area contributed by atoms with Gasteiger partial charge < -0.3 is 10.1 Å². The molecule has 1 aromatic heterocycles. The van der Waals surface area contributed by atoms with E-state index < -0.39 is 0 Å². The van der Waals surface area contributed by atoms with Gasteiger partial charge in [-0.05, 0) is 33.8 Å². The lowest BCUT2D eigenvalue weighted by molar-refractivity contribution is 0.335. The Balaban J connectivity index is 2.26. The van der Waals surface area contributed by atoms with Crippen LogP contribution in [0.3, 0.4) is 0 Å². The number of hydrogen-bond donors (Lipinski definition) is 1. The Hall–Kier alpha value is -1.97. The van der Waals surface area contributed by atoms with E-state index in [0.29, 0.717) is 6.61 Å². The molecular weight excluding hydrogens is 250 g/mol. The number of nitrogens with zero attached hydrogens (tertiary/aromatic N) is 2. The molecule has 20 heavy (non-hydrogen) atoms. The Morgan fingerprint density at radius 2 is 2.00 bits per heavy atom. The molecular formula is C16H23N3O. The van der Waals surface area contributed by atoms with Crippen LogP contribution in [0.25, 0.3) is 0 Å². The van der Waals surface area contributed by atoms with Crippen LogP contribution in [0, 0.1) is 13.8 Å². The predicted octanol–water partition coefficient (Wildman–Crippen LogP) is 3.61. The van der Waals surface area contributed by atoms with Gasteiger partial charge in [0.05, 0.1) is 29.7 Å². The van der Waals surface area contributed by atoms with Crippen LogP contribution >= 0.6 is 0 Å². The minimum atomic E-state index is 0.166. The molecule has 0 fully saturated rings. The predicted molar refractivity (Wildman–Crippen MR) is 82.3 cm³/mol. The van der Waals surface area contributed by atoms with Gasteiger partial charge in [-0.25, -0.2) is 0 Å². The van der Waals surface area contributed by atoms with Crippen LogP contribution in [0.4, 0.5) is 5.69 Å². The molecule has 0 aliphatic rings. The number of aromatic nitrogens is 2. The van der Waals surface area contributed by atoms with Crippen molar-refractivity contribution in [3.05, 3.63) is 41.2 Å². The third-order valence-corrected chi connectivity index (χ3v) is 3.56. The maximum atomic E-state index is 5.70. The van der Waals surface area contributed by atoms with Gasteiger partial charge in [0.15, 0.2) is 0 Å². The molecule has 1 unspecified atom stereocenters. The van der Waals surface area contributed by atoms with Crippen LogP contribution in [0.5, 0.6) is 5.75 Å². The number of hydrogen-bond acceptors (Lipinski definition) is 3. The summed E-state index contributed by atoms with van der Waals surface area (Å²) in [6.07, 6.45) is 0. The Labute approximate surface area is 120 Å². The summed E-state index contributed by atoms with van der Waals surface area (Å²) in [5.74, 6) is 0.939. The second-order valence-electron chi connectivity index (χ2n) is 5.01. The lowest BCUT2D eigenvalue weighted by Crippen LogP contribution is -2.10. The Kier molecular flexibility index (Phi) is 4.32. The summed E-state index contributed by atoms with van der Waals surface area (Å²) >= 11 is 0. The smallest absolute Gasteiger partial charge is 0.124 e. The third kappa shape index (κ3) is 2.79. The lowest BCUT2D eigenvalue weighted by Gasteiger charge is -2.19. The zero-order valence-electron chi connectivity index (χ0n) is 12.9. The van der Waals surface area contributed by atoms with Crippen molar-refractivity contribution in [1.82, 2.24) is 9.78 Å². The fourth-order valence-corrected chi connectivity index (χ4v) is 2.40. The van der Waals surface area contributed by atoms with Crippen LogP contribution in [-0.4, -0.2) is 16.4 Å². The first-order valence-electron chi connectivity index (χ1n) is 7.03. The lowest BCUT2D eigenvalue weighted by atomic mass is 10.1. The number of para-hydroxylation sites is 1. The molecule has 0 aliphatic carbocycles. The quantitative estimate of drug-likeness (QED) is 0.904. The molecule has 0 bridgehead atoms. The highest BCUT2D eigenvalue weighted by atomic mass is 16.5. The summed E-state index contributed by atoms with van der Waals surface area (Å²) in [5.41, 5.74) is 4.43.